The summed E-state index contributed by atoms with van der Waals surface area (Å²) in [6, 6.07) is 16.9. The van der Waals surface area contributed by atoms with E-state index in [2.05, 4.69) is 35.3 Å². The second-order valence-corrected chi connectivity index (χ2v) is 16.6. The molecule has 5 fully saturated rings. The van der Waals surface area contributed by atoms with Gasteiger partial charge in [-0.05, 0) is 85.7 Å². The number of imide groups is 1. The minimum Gasteiger partial charge on any atom is -0.494 e. The first-order valence-electron chi connectivity index (χ1n) is 20.4. The van der Waals surface area contributed by atoms with Crippen LogP contribution >= 0.6 is 0 Å². The lowest BCUT2D eigenvalue weighted by Crippen LogP contribution is -2.69. The van der Waals surface area contributed by atoms with Gasteiger partial charge in [-0.15, -0.1) is 0 Å². The Morgan fingerprint density at radius 2 is 1.60 bits per heavy atom. The van der Waals surface area contributed by atoms with Gasteiger partial charge in [0.1, 0.15) is 35.4 Å². The topological polar surface area (TPSA) is 173 Å². The summed E-state index contributed by atoms with van der Waals surface area (Å²) >= 11 is 0. The Hall–Kier alpha value is -6.20. The molecule has 6 heterocycles. The fourth-order valence-corrected chi connectivity index (χ4v) is 9.66. The highest BCUT2D eigenvalue weighted by molar-refractivity contribution is 6.04. The van der Waals surface area contributed by atoms with Gasteiger partial charge in [-0.3, -0.25) is 29.5 Å². The van der Waals surface area contributed by atoms with Crippen molar-refractivity contribution < 1.29 is 32.6 Å². The first kappa shape index (κ1) is 38.0. The molecule has 2 aromatic heterocycles. The van der Waals surface area contributed by atoms with Crippen LogP contribution in [0, 0.1) is 23.5 Å². The summed E-state index contributed by atoms with van der Waals surface area (Å²) in [5.41, 5.74) is 9.27. The number of fused-ring (bicyclic) bond motifs is 2. The molecular formula is C43H44F2N10O5. The van der Waals surface area contributed by atoms with Crippen LogP contribution in [-0.4, -0.2) is 112 Å². The number of hydrogen-bond donors (Lipinski definition) is 3. The molecule has 4 N–H and O–H groups in total. The molecule has 4 saturated heterocycles. The monoisotopic (exact) mass is 818 g/mol. The molecule has 1 saturated carbocycles. The van der Waals surface area contributed by atoms with Gasteiger partial charge in [0, 0.05) is 69.0 Å². The maximum atomic E-state index is 15.1. The van der Waals surface area contributed by atoms with Crippen molar-refractivity contribution in [2.45, 2.75) is 49.9 Å². The van der Waals surface area contributed by atoms with Crippen molar-refractivity contribution in [1.82, 2.24) is 40.2 Å². The normalized spacial score (nSPS) is 23.6. The Balaban J connectivity index is 0.724. The zero-order valence-corrected chi connectivity index (χ0v) is 32.9. The second-order valence-electron chi connectivity index (χ2n) is 16.6. The molecule has 60 heavy (non-hydrogen) atoms. The molecule has 5 aromatic rings. The molecule has 3 aromatic carbocycles. The number of nitrogens with zero attached hydrogens (tertiary/aromatic N) is 7. The highest BCUT2D eigenvalue weighted by Crippen LogP contribution is 2.47. The standard InChI is InChI=1S/C43H44F2N10O5/c1-59-34-3-2-4-35(38(34)45)60-30-8-5-23(6-9-30)39-37-40(46)47-22-48-41(37)55(51-39)27-13-24-16-52(17-25(24)14-27)28-20-54(21-28)29-18-53(19-29)26-7-10-31(32(44)15-26)42(57)49-33-11-12-36(56)50-43(33)58/h2-10,15,22,24-25,27-29,33H,11-14,16-21H2,1H3,(H,49,57)(H2,46,47,48)(H,50,56,58). The van der Waals surface area contributed by atoms with Crippen LogP contribution in [0.25, 0.3) is 22.3 Å². The maximum Gasteiger partial charge on any atom is 0.254 e. The van der Waals surface area contributed by atoms with E-state index in [1.165, 1.54) is 31.6 Å². The van der Waals surface area contributed by atoms with Crippen LogP contribution in [0.4, 0.5) is 20.3 Å². The average Bonchev–Trinajstić information content (AvgIpc) is 3.90. The van der Waals surface area contributed by atoms with Crippen molar-refractivity contribution in [2.75, 3.05) is 57.0 Å². The van der Waals surface area contributed by atoms with Gasteiger partial charge in [-0.25, -0.2) is 19.0 Å². The second kappa shape index (κ2) is 15.1. The van der Waals surface area contributed by atoms with Gasteiger partial charge in [0.25, 0.3) is 5.91 Å². The van der Waals surface area contributed by atoms with Crippen LogP contribution in [0.2, 0.25) is 0 Å². The SMILES string of the molecule is COc1cccc(Oc2ccc(-c3nn(C4CC5CN(C6CN(C7CN(c8ccc(C(=O)NC9CCC(=O)NC9=O)c(F)c8)C7)C6)CC5C4)c4ncnc(N)c34)cc2)c1F. The number of anilines is 2. The molecule has 0 bridgehead atoms. The number of likely N-dealkylation sites (tertiary alicyclic amines) is 2. The summed E-state index contributed by atoms with van der Waals surface area (Å²) in [6.07, 6.45) is 3.81. The van der Waals surface area contributed by atoms with Gasteiger partial charge >= 0.3 is 0 Å². The molecule has 4 aliphatic heterocycles. The summed E-state index contributed by atoms with van der Waals surface area (Å²) in [6.45, 7) is 5.70. The Morgan fingerprint density at radius 1 is 0.883 bits per heavy atom. The van der Waals surface area contributed by atoms with Crippen LogP contribution < -0.4 is 30.7 Å². The van der Waals surface area contributed by atoms with Gasteiger partial charge in [0.05, 0.1) is 24.1 Å². The van der Waals surface area contributed by atoms with Crippen molar-refractivity contribution in [3.05, 3.63) is 84.2 Å². The van der Waals surface area contributed by atoms with E-state index in [4.69, 9.17) is 20.3 Å². The summed E-state index contributed by atoms with van der Waals surface area (Å²) in [5.74, 6) is -0.721. The molecule has 5 aliphatic rings. The lowest BCUT2D eigenvalue weighted by molar-refractivity contribution is -0.134. The Bertz CT molecular complexity index is 2490. The zero-order chi connectivity index (χ0) is 41.2. The van der Waals surface area contributed by atoms with E-state index < -0.39 is 29.5 Å². The molecule has 17 heteroatoms. The van der Waals surface area contributed by atoms with Crippen molar-refractivity contribution >= 4 is 40.3 Å². The van der Waals surface area contributed by atoms with Gasteiger partial charge in [0.2, 0.25) is 17.6 Å². The highest BCUT2D eigenvalue weighted by atomic mass is 19.1. The minimum absolute atomic E-state index is 0.0691. The lowest BCUT2D eigenvalue weighted by atomic mass is 9.97. The summed E-state index contributed by atoms with van der Waals surface area (Å²) in [5, 5.41) is 10.6. The molecule has 0 spiro atoms. The van der Waals surface area contributed by atoms with Crippen molar-refractivity contribution in [3.63, 3.8) is 0 Å². The molecule has 10 rings (SSSR count). The third kappa shape index (κ3) is 6.84. The van der Waals surface area contributed by atoms with Gasteiger partial charge in [-0.1, -0.05) is 6.07 Å². The van der Waals surface area contributed by atoms with Crippen LogP contribution in [0.5, 0.6) is 17.2 Å². The number of piperidine rings is 1. The third-order valence-electron chi connectivity index (χ3n) is 13.0. The molecule has 1 aliphatic carbocycles. The predicted molar refractivity (Wildman–Crippen MR) is 216 cm³/mol. The number of benzene rings is 3. The highest BCUT2D eigenvalue weighted by Gasteiger charge is 2.48. The van der Waals surface area contributed by atoms with E-state index in [1.807, 2.05) is 16.8 Å². The van der Waals surface area contributed by atoms with E-state index in [9.17, 15) is 18.8 Å². The Kier molecular flexibility index (Phi) is 9.58. The number of carbonyl (C=O) groups excluding carboxylic acids is 3. The van der Waals surface area contributed by atoms with Gasteiger partial charge in [0.15, 0.2) is 17.1 Å². The van der Waals surface area contributed by atoms with Crippen LogP contribution in [-0.2, 0) is 9.59 Å². The number of amides is 3. The summed E-state index contributed by atoms with van der Waals surface area (Å²) in [7, 11) is 1.41. The van der Waals surface area contributed by atoms with Crippen LogP contribution in [0.15, 0.2) is 67.0 Å². The predicted octanol–water partition coefficient (Wildman–Crippen LogP) is 4.15. The fraction of sp³-hybridized carbons (Fsp3) is 0.395. The Labute approximate surface area is 343 Å². The first-order valence-corrected chi connectivity index (χ1v) is 20.4. The minimum atomic E-state index is -0.864. The van der Waals surface area contributed by atoms with Crippen molar-refractivity contribution in [3.8, 4) is 28.5 Å². The van der Waals surface area contributed by atoms with E-state index in [-0.39, 0.29) is 41.9 Å². The molecule has 0 radical (unpaired) electrons. The molecular weight excluding hydrogens is 775 g/mol. The average molecular weight is 819 g/mol. The van der Waals surface area contributed by atoms with Crippen LogP contribution in [0.1, 0.15) is 42.1 Å². The van der Waals surface area contributed by atoms with Gasteiger partial charge in [-0.2, -0.15) is 9.49 Å². The number of halogens is 2. The molecule has 3 atom stereocenters. The molecule has 3 amide bonds. The molecule has 3 unspecified atom stereocenters. The number of nitrogens with two attached hydrogens (primary N) is 1. The van der Waals surface area contributed by atoms with Crippen molar-refractivity contribution in [1.29, 1.82) is 0 Å². The van der Waals surface area contributed by atoms with E-state index in [0.717, 1.165) is 69.0 Å². The number of methoxy groups -OCH3 is 1. The fourth-order valence-electron chi connectivity index (χ4n) is 9.66. The quantitative estimate of drug-likeness (QED) is 0.172. The molecule has 15 nitrogen and oxygen atoms in total. The largest absolute Gasteiger partial charge is 0.494 e. The van der Waals surface area contributed by atoms with Crippen LogP contribution in [0.3, 0.4) is 0 Å². The van der Waals surface area contributed by atoms with E-state index >= 15 is 4.39 Å². The number of rotatable bonds is 10. The molecule has 310 valence electrons. The maximum absolute atomic E-state index is 15.1. The number of nitrogens with one attached hydrogen (secondary N) is 2. The van der Waals surface area contributed by atoms with E-state index in [1.54, 1.807) is 30.3 Å². The third-order valence-corrected chi connectivity index (χ3v) is 13.0. The summed E-state index contributed by atoms with van der Waals surface area (Å²) < 4.78 is 42.8. The first-order chi connectivity index (χ1) is 29.1. The van der Waals surface area contributed by atoms with Crippen molar-refractivity contribution in [2.24, 2.45) is 11.8 Å². The smallest absolute Gasteiger partial charge is 0.254 e. The lowest BCUT2D eigenvalue weighted by Gasteiger charge is -2.54. The zero-order valence-electron chi connectivity index (χ0n) is 32.9. The van der Waals surface area contributed by atoms with Gasteiger partial charge < -0.3 is 25.4 Å². The number of aromatic nitrogens is 4. The number of nitrogen functional groups attached to an aromatic ring is 1. The number of ether oxygens (including phenoxy) is 2. The van der Waals surface area contributed by atoms with E-state index in [0.29, 0.717) is 46.6 Å². The Morgan fingerprint density at radius 3 is 2.32 bits per heavy atom. The summed E-state index contributed by atoms with van der Waals surface area (Å²) in [4.78, 5) is 52.4. The number of hydrogen-bond acceptors (Lipinski definition) is 12. The number of carbonyl (C=O) groups is 3.